The summed E-state index contributed by atoms with van der Waals surface area (Å²) in [4.78, 5) is 23.6. The van der Waals surface area contributed by atoms with Gasteiger partial charge in [0.05, 0.1) is 0 Å². The van der Waals surface area contributed by atoms with Crippen molar-refractivity contribution in [3.05, 3.63) is 29.8 Å². The standard InChI is InChI=1S/C16H26N2S.C4H6O6/c1-13(2)11-18(15-8-9-17-10-15)12-14-6-4-5-7-16(14)19-3;5-1(3(7)8)2(6)4(9)10/h4-7,13,15,17H,8-12H2,1-3H3;1-2,5-6H,(H,7,8)(H,9,10)/t15-;/m1./s1. The Bertz CT molecular complexity index is 634. The molecular formula is C20H32N2O6S. The third-order valence-electron chi connectivity index (χ3n) is 4.52. The molecule has 29 heavy (non-hydrogen) atoms. The maximum absolute atomic E-state index is 9.77. The fraction of sp³-hybridized carbons (Fsp3) is 0.600. The van der Waals surface area contributed by atoms with Crippen LogP contribution in [0.25, 0.3) is 0 Å². The van der Waals surface area contributed by atoms with Crippen LogP contribution in [-0.2, 0) is 16.1 Å². The number of thioether (sulfide) groups is 1. The third-order valence-corrected chi connectivity index (χ3v) is 5.36. The van der Waals surface area contributed by atoms with Crippen LogP contribution in [0.2, 0.25) is 0 Å². The van der Waals surface area contributed by atoms with Crippen molar-refractivity contribution < 1.29 is 30.0 Å². The molecule has 0 aliphatic carbocycles. The topological polar surface area (TPSA) is 130 Å². The van der Waals surface area contributed by atoms with Gasteiger partial charge in [-0.2, -0.15) is 0 Å². The number of nitrogens with one attached hydrogen (secondary N) is 1. The zero-order valence-corrected chi connectivity index (χ0v) is 17.9. The molecule has 0 spiro atoms. The molecule has 0 amide bonds. The van der Waals surface area contributed by atoms with Crippen LogP contribution in [0.5, 0.6) is 0 Å². The maximum Gasteiger partial charge on any atom is 0.335 e. The number of nitrogens with zero attached hydrogens (tertiary/aromatic N) is 1. The Kier molecular flexibility index (Phi) is 11.2. The molecule has 2 rings (SSSR count). The van der Waals surface area contributed by atoms with E-state index in [9.17, 15) is 9.59 Å². The van der Waals surface area contributed by atoms with Gasteiger partial charge in [0.2, 0.25) is 0 Å². The SMILES string of the molecule is CSc1ccccc1CN(CC(C)C)[C@@H]1CCNC1.O=C(O)C(O)C(O)C(=O)O. The fourth-order valence-corrected chi connectivity index (χ4v) is 3.69. The van der Waals surface area contributed by atoms with Gasteiger partial charge in [-0.05, 0) is 36.8 Å². The van der Waals surface area contributed by atoms with Crippen LogP contribution in [0.3, 0.4) is 0 Å². The lowest BCUT2D eigenvalue weighted by molar-refractivity contribution is -0.165. The van der Waals surface area contributed by atoms with Crippen molar-refractivity contribution in [3.63, 3.8) is 0 Å². The summed E-state index contributed by atoms with van der Waals surface area (Å²) in [5.41, 5.74) is 1.47. The Morgan fingerprint density at radius 3 is 2.21 bits per heavy atom. The minimum atomic E-state index is -2.27. The lowest BCUT2D eigenvalue weighted by Gasteiger charge is -2.30. The summed E-state index contributed by atoms with van der Waals surface area (Å²) in [6.07, 6.45) is -1.08. The molecule has 1 saturated heterocycles. The Balaban J connectivity index is 0.000000359. The highest BCUT2D eigenvalue weighted by Crippen LogP contribution is 2.23. The van der Waals surface area contributed by atoms with E-state index in [-0.39, 0.29) is 0 Å². The molecule has 1 aliphatic heterocycles. The Hall–Kier alpha value is -1.65. The normalized spacial score (nSPS) is 18.2. The summed E-state index contributed by atoms with van der Waals surface area (Å²) in [6.45, 7) is 9.22. The molecule has 8 nitrogen and oxygen atoms in total. The van der Waals surface area contributed by atoms with Crippen molar-refractivity contribution in [1.29, 1.82) is 0 Å². The molecule has 5 N–H and O–H groups in total. The number of carboxylic acids is 2. The van der Waals surface area contributed by atoms with Crippen molar-refractivity contribution in [1.82, 2.24) is 10.2 Å². The zero-order valence-electron chi connectivity index (χ0n) is 17.1. The number of aliphatic hydroxyl groups excluding tert-OH is 2. The Morgan fingerprint density at radius 1 is 1.17 bits per heavy atom. The number of carboxylic acid groups (broad SMARTS) is 2. The van der Waals surface area contributed by atoms with E-state index in [1.54, 1.807) is 0 Å². The van der Waals surface area contributed by atoms with Gasteiger partial charge in [0.1, 0.15) is 0 Å². The summed E-state index contributed by atoms with van der Waals surface area (Å²) < 4.78 is 0. The first-order valence-corrected chi connectivity index (χ1v) is 10.8. The summed E-state index contributed by atoms with van der Waals surface area (Å²) in [7, 11) is 0. The summed E-state index contributed by atoms with van der Waals surface area (Å²) in [6, 6.07) is 9.52. The summed E-state index contributed by atoms with van der Waals surface area (Å²) >= 11 is 1.86. The minimum absolute atomic E-state index is 0.706. The van der Waals surface area contributed by atoms with Gasteiger partial charge in [0, 0.05) is 30.6 Å². The van der Waals surface area contributed by atoms with Gasteiger partial charge in [-0.25, -0.2) is 9.59 Å². The predicted octanol–water partition coefficient (Wildman–Crippen LogP) is 1.11. The van der Waals surface area contributed by atoms with E-state index in [0.717, 1.165) is 19.0 Å². The van der Waals surface area contributed by atoms with Gasteiger partial charge >= 0.3 is 11.9 Å². The van der Waals surface area contributed by atoms with Crippen molar-refractivity contribution in [3.8, 4) is 0 Å². The van der Waals surface area contributed by atoms with E-state index >= 15 is 0 Å². The first kappa shape index (κ1) is 25.4. The summed E-state index contributed by atoms with van der Waals surface area (Å²) in [5, 5.41) is 36.0. The molecule has 1 aromatic carbocycles. The highest BCUT2D eigenvalue weighted by atomic mass is 32.2. The molecule has 0 radical (unpaired) electrons. The van der Waals surface area contributed by atoms with E-state index in [4.69, 9.17) is 20.4 Å². The number of hydrogen-bond acceptors (Lipinski definition) is 7. The van der Waals surface area contributed by atoms with Gasteiger partial charge in [0.25, 0.3) is 0 Å². The van der Waals surface area contributed by atoms with Gasteiger partial charge in [0.15, 0.2) is 12.2 Å². The number of aliphatic hydroxyl groups is 2. The zero-order chi connectivity index (χ0) is 22.0. The number of rotatable bonds is 9. The van der Waals surface area contributed by atoms with Crippen LogP contribution in [0.4, 0.5) is 0 Å². The Morgan fingerprint density at radius 2 is 1.76 bits per heavy atom. The van der Waals surface area contributed by atoms with Crippen molar-refractivity contribution >= 4 is 23.7 Å². The number of aliphatic carboxylic acids is 2. The largest absolute Gasteiger partial charge is 0.479 e. The van der Waals surface area contributed by atoms with Crippen LogP contribution in [-0.4, -0.2) is 81.4 Å². The lowest BCUT2D eigenvalue weighted by atomic mass is 10.1. The molecule has 9 heteroatoms. The molecule has 0 saturated carbocycles. The predicted molar refractivity (Wildman–Crippen MR) is 112 cm³/mol. The van der Waals surface area contributed by atoms with Crippen molar-refractivity contribution in [2.24, 2.45) is 5.92 Å². The van der Waals surface area contributed by atoms with E-state index < -0.39 is 24.1 Å². The molecule has 164 valence electrons. The van der Waals surface area contributed by atoms with Crippen LogP contribution in [0.15, 0.2) is 29.2 Å². The molecule has 1 fully saturated rings. The lowest BCUT2D eigenvalue weighted by Crippen LogP contribution is -2.39. The Labute approximate surface area is 175 Å². The van der Waals surface area contributed by atoms with Gasteiger partial charge < -0.3 is 25.7 Å². The van der Waals surface area contributed by atoms with E-state index in [0.29, 0.717) is 6.04 Å². The smallest absolute Gasteiger partial charge is 0.335 e. The second-order valence-electron chi connectivity index (χ2n) is 7.35. The molecular weight excluding hydrogens is 396 g/mol. The van der Waals surface area contributed by atoms with Gasteiger partial charge in [-0.15, -0.1) is 11.8 Å². The number of carbonyl (C=O) groups is 2. The maximum atomic E-state index is 9.77. The van der Waals surface area contributed by atoms with Crippen molar-refractivity contribution in [2.45, 2.75) is 50.0 Å². The second-order valence-corrected chi connectivity index (χ2v) is 8.20. The molecule has 3 atom stereocenters. The average molecular weight is 429 g/mol. The molecule has 1 aromatic rings. The monoisotopic (exact) mass is 428 g/mol. The first-order valence-electron chi connectivity index (χ1n) is 9.55. The van der Waals surface area contributed by atoms with E-state index in [2.05, 4.69) is 54.6 Å². The highest BCUT2D eigenvalue weighted by Gasteiger charge is 2.29. The fourth-order valence-electron chi connectivity index (χ4n) is 3.09. The van der Waals surface area contributed by atoms with E-state index in [1.165, 1.54) is 30.0 Å². The third kappa shape index (κ3) is 8.71. The van der Waals surface area contributed by atoms with Crippen LogP contribution >= 0.6 is 11.8 Å². The van der Waals surface area contributed by atoms with Crippen LogP contribution < -0.4 is 5.32 Å². The first-order chi connectivity index (χ1) is 13.7. The van der Waals surface area contributed by atoms with Gasteiger partial charge in [-0.1, -0.05) is 32.0 Å². The highest BCUT2D eigenvalue weighted by molar-refractivity contribution is 7.98. The molecule has 1 aliphatic rings. The molecule has 0 aromatic heterocycles. The van der Waals surface area contributed by atoms with E-state index in [1.807, 2.05) is 11.8 Å². The average Bonchev–Trinajstić information content (AvgIpc) is 3.21. The quantitative estimate of drug-likeness (QED) is 0.367. The molecule has 2 unspecified atom stereocenters. The number of benzene rings is 1. The second kappa shape index (κ2) is 12.8. The van der Waals surface area contributed by atoms with Crippen LogP contribution in [0.1, 0.15) is 25.8 Å². The molecule has 0 bridgehead atoms. The van der Waals surface area contributed by atoms with Crippen molar-refractivity contribution in [2.75, 3.05) is 25.9 Å². The number of hydrogen-bond donors (Lipinski definition) is 5. The van der Waals surface area contributed by atoms with Gasteiger partial charge in [-0.3, -0.25) is 4.90 Å². The minimum Gasteiger partial charge on any atom is -0.479 e. The van der Waals surface area contributed by atoms with Crippen LogP contribution in [0, 0.1) is 5.92 Å². The summed E-state index contributed by atoms with van der Waals surface area (Å²) in [5.74, 6) is -2.81. The molecule has 1 heterocycles.